The van der Waals surface area contributed by atoms with E-state index in [1.165, 1.54) is 31.1 Å². The van der Waals surface area contributed by atoms with Gasteiger partial charge in [0.25, 0.3) is 11.8 Å². The van der Waals surface area contributed by atoms with Crippen molar-refractivity contribution in [2.75, 3.05) is 47.9 Å². The average Bonchev–Trinajstić information content (AvgIpc) is 3.91. The second kappa shape index (κ2) is 26.7. The standard InChI is InChI=1S/C49H75N7O12/c1-12-31(6)44(36(67-10)28-41(61)55-25-16-19-35(55)45(68-11)32(7)46(62)51-34(49(65)66)27-33-17-14-13-15-18-33)54(9)48(64)42(29(2)3)52-47(63)43(30(4)5)53(8)38(58)22-24-50-37(57)23-26-56-39(59)20-21-40(56)60/h13-15,17-18,20-21,29-32,34-36,42-45H,12,16,19,22-28H2,1-11H3,(H,50,57)(H,51,62)(H,52,63)(H,65,66)/t31?,32-,34+,35+,36?,42+,43+,44+,45-/m1/s1. The minimum atomic E-state index is -1.17. The Morgan fingerprint density at radius 3 is 2.01 bits per heavy atom. The number of nitrogens with zero attached hydrogens (tertiary/aromatic N) is 4. The zero-order valence-corrected chi connectivity index (χ0v) is 41.7. The zero-order chi connectivity index (χ0) is 51.0. The largest absolute Gasteiger partial charge is 0.480 e. The molecule has 2 aliphatic rings. The molecule has 1 saturated heterocycles. The van der Waals surface area contributed by atoms with Crippen LogP contribution in [0.2, 0.25) is 0 Å². The summed E-state index contributed by atoms with van der Waals surface area (Å²) in [6, 6.07) is 4.72. The van der Waals surface area contributed by atoms with Gasteiger partial charge in [0.05, 0.1) is 36.6 Å². The first kappa shape index (κ1) is 56.6. The van der Waals surface area contributed by atoms with Gasteiger partial charge < -0.3 is 45.2 Å². The summed E-state index contributed by atoms with van der Waals surface area (Å²) in [4.78, 5) is 124. The molecule has 8 amide bonds. The van der Waals surface area contributed by atoms with E-state index in [-0.39, 0.29) is 62.4 Å². The summed E-state index contributed by atoms with van der Waals surface area (Å²) in [6.07, 6.45) is 2.28. The smallest absolute Gasteiger partial charge is 0.326 e. The minimum Gasteiger partial charge on any atom is -0.480 e. The molecule has 2 aliphatic heterocycles. The van der Waals surface area contributed by atoms with Gasteiger partial charge in [0.2, 0.25) is 35.4 Å². The third kappa shape index (κ3) is 15.2. The SMILES string of the molecule is CCC(C)[C@@H](C(CC(=O)N1CCC[C@H]1[C@H](OC)[C@@H](C)C(=O)N[C@@H](Cc1ccccc1)C(=O)O)OC)N(C)C(=O)[C@@H](NC(=O)[C@H](C(C)C)N(C)C(=O)CCNC(=O)CCN1C(=O)C=CC1=O)C(C)C. The van der Waals surface area contributed by atoms with Crippen LogP contribution in [0.15, 0.2) is 42.5 Å². The van der Waals surface area contributed by atoms with Gasteiger partial charge in [0.15, 0.2) is 0 Å². The summed E-state index contributed by atoms with van der Waals surface area (Å²) in [5.74, 6) is -6.51. The van der Waals surface area contributed by atoms with E-state index in [1.807, 2.05) is 19.9 Å². The number of hydrogen-bond donors (Lipinski definition) is 4. The molecule has 378 valence electrons. The first-order valence-corrected chi connectivity index (χ1v) is 23.6. The van der Waals surface area contributed by atoms with Crippen molar-refractivity contribution in [3.05, 3.63) is 48.0 Å². The second-order valence-corrected chi connectivity index (χ2v) is 18.6. The molecule has 3 rings (SSSR count). The van der Waals surface area contributed by atoms with Gasteiger partial charge >= 0.3 is 5.97 Å². The number of methoxy groups -OCH3 is 2. The summed E-state index contributed by atoms with van der Waals surface area (Å²) < 4.78 is 11.9. The van der Waals surface area contributed by atoms with Gasteiger partial charge in [-0.05, 0) is 36.2 Å². The highest BCUT2D eigenvalue weighted by Gasteiger charge is 2.44. The Morgan fingerprint density at radius 1 is 0.838 bits per heavy atom. The number of imide groups is 1. The van der Waals surface area contributed by atoms with Crippen molar-refractivity contribution in [1.82, 2.24) is 35.6 Å². The van der Waals surface area contributed by atoms with Gasteiger partial charge in [-0.2, -0.15) is 0 Å². The van der Waals surface area contributed by atoms with Crippen LogP contribution in [0.3, 0.4) is 0 Å². The van der Waals surface area contributed by atoms with Crippen LogP contribution in [0.5, 0.6) is 0 Å². The Labute approximate surface area is 401 Å². The molecular weight excluding hydrogens is 879 g/mol. The number of benzene rings is 1. The Balaban J connectivity index is 1.70. The third-order valence-electron chi connectivity index (χ3n) is 13.2. The van der Waals surface area contributed by atoms with Crippen molar-refractivity contribution in [1.29, 1.82) is 0 Å². The molecule has 9 atom stereocenters. The van der Waals surface area contributed by atoms with E-state index < -0.39 is 95.7 Å². The average molecular weight is 954 g/mol. The topological polar surface area (TPSA) is 241 Å². The monoisotopic (exact) mass is 954 g/mol. The molecule has 0 spiro atoms. The van der Waals surface area contributed by atoms with Crippen molar-refractivity contribution < 1.29 is 57.7 Å². The molecule has 0 radical (unpaired) electrons. The lowest BCUT2D eigenvalue weighted by Gasteiger charge is -2.41. The predicted octanol–water partition coefficient (Wildman–Crippen LogP) is 2.16. The van der Waals surface area contributed by atoms with Crippen molar-refractivity contribution in [3.63, 3.8) is 0 Å². The van der Waals surface area contributed by atoms with Gasteiger partial charge in [0.1, 0.15) is 18.1 Å². The minimum absolute atomic E-state index is 0.0428. The number of hydrogen-bond acceptors (Lipinski definition) is 11. The normalized spacial score (nSPS) is 18.3. The summed E-state index contributed by atoms with van der Waals surface area (Å²) in [5, 5.41) is 18.1. The van der Waals surface area contributed by atoms with Crippen LogP contribution < -0.4 is 16.0 Å². The highest BCUT2D eigenvalue weighted by Crippen LogP contribution is 2.30. The molecular formula is C49H75N7O12. The van der Waals surface area contributed by atoms with Gasteiger partial charge in [-0.3, -0.25) is 43.3 Å². The number of nitrogens with one attached hydrogen (secondary N) is 3. The summed E-state index contributed by atoms with van der Waals surface area (Å²) >= 11 is 0. The molecule has 0 saturated carbocycles. The Bertz CT molecular complexity index is 1940. The first-order chi connectivity index (χ1) is 32.1. The number of rotatable bonds is 27. The van der Waals surface area contributed by atoms with E-state index >= 15 is 0 Å². The molecule has 19 heteroatoms. The van der Waals surface area contributed by atoms with Crippen LogP contribution in [0.1, 0.15) is 92.6 Å². The quantitative estimate of drug-likeness (QED) is 0.0929. The molecule has 1 fully saturated rings. The van der Waals surface area contributed by atoms with E-state index in [4.69, 9.17) is 9.47 Å². The highest BCUT2D eigenvalue weighted by atomic mass is 16.5. The molecule has 0 aliphatic carbocycles. The molecule has 19 nitrogen and oxygen atoms in total. The Hall–Kier alpha value is -5.69. The first-order valence-electron chi connectivity index (χ1n) is 23.6. The fraction of sp³-hybridized carbons (Fsp3) is 0.653. The fourth-order valence-corrected chi connectivity index (χ4v) is 9.15. The number of carboxylic acid groups (broad SMARTS) is 1. The highest BCUT2D eigenvalue weighted by molar-refractivity contribution is 6.13. The Morgan fingerprint density at radius 2 is 1.47 bits per heavy atom. The number of ether oxygens (including phenoxy) is 2. The number of carbonyl (C=O) groups excluding carboxylic acids is 8. The van der Waals surface area contributed by atoms with Gasteiger partial charge in [-0.15, -0.1) is 0 Å². The van der Waals surface area contributed by atoms with Crippen LogP contribution in [-0.2, 0) is 59.0 Å². The number of aliphatic carboxylic acids is 1. The number of likely N-dealkylation sites (N-methyl/N-ethyl adjacent to an activating group) is 2. The molecule has 0 bridgehead atoms. The van der Waals surface area contributed by atoms with E-state index in [9.17, 15) is 48.3 Å². The van der Waals surface area contributed by atoms with E-state index in [0.29, 0.717) is 25.8 Å². The molecule has 4 N–H and O–H groups in total. The van der Waals surface area contributed by atoms with Crippen molar-refractivity contribution in [2.24, 2.45) is 23.7 Å². The maximum atomic E-state index is 14.6. The molecule has 1 aromatic rings. The second-order valence-electron chi connectivity index (χ2n) is 18.6. The predicted molar refractivity (Wildman–Crippen MR) is 252 cm³/mol. The lowest BCUT2D eigenvalue weighted by atomic mass is 9.89. The lowest BCUT2D eigenvalue weighted by molar-refractivity contribution is -0.149. The van der Waals surface area contributed by atoms with E-state index in [1.54, 1.807) is 70.8 Å². The van der Waals surface area contributed by atoms with Gasteiger partial charge in [0, 0.05) is 79.4 Å². The van der Waals surface area contributed by atoms with E-state index in [0.717, 1.165) is 22.6 Å². The van der Waals surface area contributed by atoms with Crippen molar-refractivity contribution >= 4 is 53.2 Å². The summed E-state index contributed by atoms with van der Waals surface area (Å²) in [7, 11) is 6.06. The summed E-state index contributed by atoms with van der Waals surface area (Å²) in [5.41, 5.74) is 0.754. The van der Waals surface area contributed by atoms with Gasteiger partial charge in [-0.25, -0.2) is 4.79 Å². The number of carboxylic acids is 1. The lowest BCUT2D eigenvalue weighted by Crippen LogP contribution is -2.60. The zero-order valence-electron chi connectivity index (χ0n) is 41.7. The van der Waals surface area contributed by atoms with Crippen LogP contribution in [0, 0.1) is 23.7 Å². The third-order valence-corrected chi connectivity index (χ3v) is 13.2. The molecule has 68 heavy (non-hydrogen) atoms. The molecule has 0 aromatic heterocycles. The Kier molecular flexibility index (Phi) is 22.3. The molecule has 2 heterocycles. The van der Waals surface area contributed by atoms with Crippen LogP contribution in [0.25, 0.3) is 0 Å². The fourth-order valence-electron chi connectivity index (χ4n) is 9.15. The summed E-state index contributed by atoms with van der Waals surface area (Å²) in [6.45, 7) is 13.0. The maximum Gasteiger partial charge on any atom is 0.326 e. The van der Waals surface area contributed by atoms with E-state index in [2.05, 4.69) is 16.0 Å². The van der Waals surface area contributed by atoms with Crippen molar-refractivity contribution in [3.8, 4) is 0 Å². The number of carbonyl (C=O) groups is 9. The number of amides is 8. The van der Waals surface area contributed by atoms with Crippen molar-refractivity contribution in [2.45, 2.75) is 136 Å². The maximum absolute atomic E-state index is 14.6. The van der Waals surface area contributed by atoms with Crippen LogP contribution in [0.4, 0.5) is 0 Å². The molecule has 1 aromatic carbocycles. The van der Waals surface area contributed by atoms with Crippen LogP contribution in [-0.4, -0.2) is 168 Å². The molecule has 2 unspecified atom stereocenters. The van der Waals surface area contributed by atoms with Gasteiger partial charge in [-0.1, -0.05) is 85.2 Å². The van der Waals surface area contributed by atoms with Crippen LogP contribution >= 0.6 is 0 Å². The number of likely N-dealkylation sites (tertiary alicyclic amines) is 1.